The van der Waals surface area contributed by atoms with Crippen LogP contribution in [-0.2, 0) is 4.79 Å². The molecule has 0 atom stereocenters. The number of likely N-dealkylation sites (tertiary alicyclic amines) is 1. The number of amides is 1. The van der Waals surface area contributed by atoms with Crippen LogP contribution in [0, 0.1) is 5.92 Å². The fourth-order valence-electron chi connectivity index (χ4n) is 3.92. The van der Waals surface area contributed by atoms with Crippen molar-refractivity contribution < 1.29 is 19.1 Å². The molecule has 1 saturated carbocycles. The Hall–Kier alpha value is -2.34. The molecule has 6 nitrogen and oxygen atoms in total. The molecule has 156 valence electrons. The number of ketones is 1. The second kappa shape index (κ2) is 8.57. The van der Waals surface area contributed by atoms with Crippen molar-refractivity contribution >= 4 is 11.7 Å². The van der Waals surface area contributed by atoms with Gasteiger partial charge in [0.25, 0.3) is 0 Å². The van der Waals surface area contributed by atoms with E-state index in [1.165, 1.54) is 0 Å². The standard InChI is InChI=1S/C23H30N2O4/c1-15(2)22-21(26)19-7-6-18(14-20(19)29-22)28-13-3-10-25-11-8-17(9-12-25)24-23(27)16-4-5-16/h6-7,14,16-17H,3-5,8-13H2,1-2H3,(H,24,27). The fraction of sp³-hybridized carbons (Fsp3) is 0.565. The van der Waals surface area contributed by atoms with Gasteiger partial charge >= 0.3 is 0 Å². The van der Waals surface area contributed by atoms with Crippen molar-refractivity contribution in [1.82, 2.24) is 10.2 Å². The first-order valence-corrected chi connectivity index (χ1v) is 10.7. The van der Waals surface area contributed by atoms with Crippen molar-refractivity contribution in [1.29, 1.82) is 0 Å². The number of hydrogen-bond donors (Lipinski definition) is 1. The van der Waals surface area contributed by atoms with E-state index in [2.05, 4.69) is 10.2 Å². The van der Waals surface area contributed by atoms with Crippen molar-refractivity contribution in [2.45, 2.75) is 52.0 Å². The Kier molecular flexibility index (Phi) is 5.90. The first-order valence-electron chi connectivity index (χ1n) is 10.7. The summed E-state index contributed by atoms with van der Waals surface area (Å²) in [4.78, 5) is 26.6. The summed E-state index contributed by atoms with van der Waals surface area (Å²) in [5.74, 6) is 2.24. The van der Waals surface area contributed by atoms with Crippen molar-refractivity contribution in [3.8, 4) is 11.5 Å². The van der Waals surface area contributed by atoms with E-state index in [0.717, 1.165) is 63.1 Å². The maximum absolute atomic E-state index is 12.3. The Morgan fingerprint density at radius 3 is 2.66 bits per heavy atom. The smallest absolute Gasteiger partial charge is 0.231 e. The predicted octanol–water partition coefficient (Wildman–Crippen LogP) is 3.32. The number of ether oxygens (including phenoxy) is 2. The predicted molar refractivity (Wildman–Crippen MR) is 110 cm³/mol. The van der Waals surface area contributed by atoms with Gasteiger partial charge in [0.1, 0.15) is 11.5 Å². The van der Waals surface area contributed by atoms with Gasteiger partial charge in [-0.15, -0.1) is 0 Å². The van der Waals surface area contributed by atoms with Crippen molar-refractivity contribution in [2.24, 2.45) is 5.92 Å². The van der Waals surface area contributed by atoms with Gasteiger partial charge in [0.2, 0.25) is 11.7 Å². The van der Waals surface area contributed by atoms with Gasteiger partial charge < -0.3 is 19.7 Å². The van der Waals surface area contributed by atoms with E-state index in [4.69, 9.17) is 9.47 Å². The first kappa shape index (κ1) is 20.0. The molecule has 0 spiro atoms. The number of allylic oxidation sites excluding steroid dienone is 2. The maximum atomic E-state index is 12.3. The Bertz CT molecular complexity index is 816. The quantitative estimate of drug-likeness (QED) is 0.564. The number of carbonyl (C=O) groups excluding carboxylic acids is 2. The van der Waals surface area contributed by atoms with Crippen LogP contribution in [0.3, 0.4) is 0 Å². The van der Waals surface area contributed by atoms with Crippen molar-refractivity contribution in [2.75, 3.05) is 26.2 Å². The van der Waals surface area contributed by atoms with Gasteiger partial charge in [0, 0.05) is 37.7 Å². The van der Waals surface area contributed by atoms with Gasteiger partial charge in [0.15, 0.2) is 5.76 Å². The van der Waals surface area contributed by atoms with Crippen LogP contribution in [0.4, 0.5) is 0 Å². The molecule has 2 aliphatic heterocycles. The number of Topliss-reactive ketones (excluding diaryl/α,β-unsaturated/α-hetero) is 1. The largest absolute Gasteiger partial charge is 0.493 e. The number of carbonyl (C=O) groups is 2. The van der Waals surface area contributed by atoms with Gasteiger partial charge in [0.05, 0.1) is 12.2 Å². The number of hydrogen-bond acceptors (Lipinski definition) is 5. The van der Waals surface area contributed by atoms with Crippen LogP contribution in [-0.4, -0.2) is 48.9 Å². The molecule has 1 aliphatic carbocycles. The molecule has 1 saturated heterocycles. The van der Waals surface area contributed by atoms with Crippen LogP contribution in [0.25, 0.3) is 0 Å². The second-order valence-electron chi connectivity index (χ2n) is 8.52. The third kappa shape index (κ3) is 4.81. The summed E-state index contributed by atoms with van der Waals surface area (Å²) in [6, 6.07) is 5.76. The molecule has 6 heteroatoms. The van der Waals surface area contributed by atoms with E-state index in [1.54, 1.807) is 12.1 Å². The Labute approximate surface area is 172 Å². The lowest BCUT2D eigenvalue weighted by Gasteiger charge is -2.32. The Morgan fingerprint density at radius 2 is 1.97 bits per heavy atom. The Balaban J connectivity index is 1.17. The summed E-state index contributed by atoms with van der Waals surface area (Å²) >= 11 is 0. The minimum atomic E-state index is -0.0525. The maximum Gasteiger partial charge on any atom is 0.231 e. The van der Waals surface area contributed by atoms with E-state index >= 15 is 0 Å². The van der Waals surface area contributed by atoms with Crippen LogP contribution in [0.1, 0.15) is 56.3 Å². The topological polar surface area (TPSA) is 67.9 Å². The first-order chi connectivity index (χ1) is 14.0. The monoisotopic (exact) mass is 398 g/mol. The van der Waals surface area contributed by atoms with E-state index < -0.39 is 0 Å². The van der Waals surface area contributed by atoms with Gasteiger partial charge in [-0.1, -0.05) is 0 Å². The summed E-state index contributed by atoms with van der Waals surface area (Å²) in [5, 5.41) is 3.19. The molecule has 29 heavy (non-hydrogen) atoms. The highest BCUT2D eigenvalue weighted by molar-refractivity contribution is 6.12. The Morgan fingerprint density at radius 1 is 1.21 bits per heavy atom. The third-order valence-corrected chi connectivity index (χ3v) is 5.84. The normalized spacial score (nSPS) is 19.7. The number of nitrogens with one attached hydrogen (secondary N) is 1. The van der Waals surface area contributed by atoms with Gasteiger partial charge in [-0.2, -0.15) is 0 Å². The number of rotatable bonds is 7. The van der Waals surface area contributed by atoms with Crippen LogP contribution < -0.4 is 14.8 Å². The van der Waals surface area contributed by atoms with Gasteiger partial charge in [-0.05, 0) is 63.7 Å². The van der Waals surface area contributed by atoms with Crippen molar-refractivity contribution in [3.63, 3.8) is 0 Å². The highest BCUT2D eigenvalue weighted by atomic mass is 16.5. The minimum Gasteiger partial charge on any atom is -0.493 e. The molecular weight excluding hydrogens is 368 g/mol. The number of fused-ring (bicyclic) bond motifs is 1. The lowest BCUT2D eigenvalue weighted by molar-refractivity contribution is -0.123. The van der Waals surface area contributed by atoms with Gasteiger partial charge in [-0.25, -0.2) is 0 Å². The van der Waals surface area contributed by atoms with E-state index in [-0.39, 0.29) is 11.7 Å². The van der Waals surface area contributed by atoms with E-state index in [1.807, 2.05) is 19.9 Å². The van der Waals surface area contributed by atoms with E-state index in [9.17, 15) is 9.59 Å². The van der Waals surface area contributed by atoms with Crippen LogP contribution >= 0.6 is 0 Å². The van der Waals surface area contributed by atoms with Gasteiger partial charge in [-0.3, -0.25) is 9.59 Å². The van der Waals surface area contributed by atoms with Crippen molar-refractivity contribution in [3.05, 3.63) is 35.1 Å². The number of piperidine rings is 1. The molecule has 1 N–H and O–H groups in total. The molecule has 3 aliphatic rings. The molecule has 2 fully saturated rings. The molecule has 4 rings (SSSR count). The average Bonchev–Trinajstić information content (AvgIpc) is 3.51. The van der Waals surface area contributed by atoms with Crippen LogP contribution in [0.15, 0.2) is 29.5 Å². The molecule has 2 heterocycles. The summed E-state index contributed by atoms with van der Waals surface area (Å²) in [6.45, 7) is 7.41. The van der Waals surface area contributed by atoms with Crippen LogP contribution in [0.5, 0.6) is 11.5 Å². The zero-order valence-electron chi connectivity index (χ0n) is 17.3. The fourth-order valence-corrected chi connectivity index (χ4v) is 3.92. The van der Waals surface area contributed by atoms with E-state index in [0.29, 0.717) is 35.6 Å². The zero-order chi connectivity index (χ0) is 20.4. The molecule has 0 bridgehead atoms. The summed E-state index contributed by atoms with van der Waals surface area (Å²) in [6.07, 6.45) is 5.13. The molecule has 0 aromatic heterocycles. The minimum absolute atomic E-state index is 0.0525. The zero-order valence-corrected chi connectivity index (χ0v) is 17.3. The number of nitrogens with zero attached hydrogens (tertiary/aromatic N) is 1. The highest BCUT2D eigenvalue weighted by Gasteiger charge is 2.32. The highest BCUT2D eigenvalue weighted by Crippen LogP contribution is 2.35. The summed E-state index contributed by atoms with van der Waals surface area (Å²) in [7, 11) is 0. The molecule has 1 amide bonds. The third-order valence-electron chi connectivity index (χ3n) is 5.84. The molecule has 0 unspecified atom stereocenters. The summed E-state index contributed by atoms with van der Waals surface area (Å²) < 4.78 is 11.6. The lowest BCUT2D eigenvalue weighted by atomic mass is 10.0. The SMILES string of the molecule is CC(C)=C1Oc2cc(OCCCN3CCC(NC(=O)C4CC4)CC3)ccc2C1=O. The molecule has 0 radical (unpaired) electrons. The molecular formula is C23H30N2O4. The second-order valence-corrected chi connectivity index (χ2v) is 8.52. The summed E-state index contributed by atoms with van der Waals surface area (Å²) in [5.41, 5.74) is 1.48. The molecule has 1 aromatic rings. The lowest BCUT2D eigenvalue weighted by Crippen LogP contribution is -2.45. The number of benzene rings is 1. The van der Waals surface area contributed by atoms with Crippen LogP contribution in [0.2, 0.25) is 0 Å². The average molecular weight is 399 g/mol. The molecule has 1 aromatic carbocycles.